The highest BCUT2D eigenvalue weighted by atomic mass is 32.2. The second kappa shape index (κ2) is 7.45. The highest BCUT2D eigenvalue weighted by molar-refractivity contribution is 7.91. The third kappa shape index (κ3) is 5.24. The highest BCUT2D eigenvalue weighted by Crippen LogP contribution is 2.37. The van der Waals surface area contributed by atoms with Crippen LogP contribution in [-0.2, 0) is 9.84 Å². The van der Waals surface area contributed by atoms with E-state index in [4.69, 9.17) is 0 Å². The predicted molar refractivity (Wildman–Crippen MR) is 89.1 cm³/mol. The van der Waals surface area contributed by atoms with Crippen LogP contribution < -0.4 is 5.32 Å². The van der Waals surface area contributed by atoms with Crippen LogP contribution in [0.5, 0.6) is 0 Å². The van der Waals surface area contributed by atoms with E-state index in [1.54, 1.807) is 0 Å². The molecule has 0 bridgehead atoms. The molecule has 21 heavy (non-hydrogen) atoms. The van der Waals surface area contributed by atoms with Gasteiger partial charge in [0.2, 0.25) is 0 Å². The first-order valence-corrected chi connectivity index (χ1v) is 10.7. The average molecular weight is 316 g/mol. The van der Waals surface area contributed by atoms with E-state index >= 15 is 0 Å². The van der Waals surface area contributed by atoms with E-state index in [2.05, 4.69) is 26.1 Å². The molecule has 1 saturated heterocycles. The second-order valence-electron chi connectivity index (χ2n) is 7.74. The molecule has 1 saturated carbocycles. The summed E-state index contributed by atoms with van der Waals surface area (Å²) in [6, 6.07) is 0.522. The van der Waals surface area contributed by atoms with Crippen LogP contribution in [0.15, 0.2) is 0 Å². The molecule has 1 aliphatic heterocycles. The maximum absolute atomic E-state index is 11.7. The van der Waals surface area contributed by atoms with Crippen molar-refractivity contribution in [2.75, 3.05) is 18.1 Å². The molecule has 1 N–H and O–H groups in total. The molecular formula is C17H33NO2S. The van der Waals surface area contributed by atoms with Crippen LogP contribution in [0.4, 0.5) is 0 Å². The fraction of sp³-hybridized carbons (Fsp3) is 1.00. The van der Waals surface area contributed by atoms with Crippen molar-refractivity contribution in [3.05, 3.63) is 0 Å². The van der Waals surface area contributed by atoms with Gasteiger partial charge in [0, 0.05) is 6.04 Å². The number of hydrogen-bond donors (Lipinski definition) is 1. The van der Waals surface area contributed by atoms with Gasteiger partial charge in [0.1, 0.15) is 0 Å². The zero-order valence-electron chi connectivity index (χ0n) is 14.0. The Labute approximate surface area is 131 Å². The normalized spacial score (nSPS) is 37.5. The Morgan fingerprint density at radius 1 is 1.14 bits per heavy atom. The lowest BCUT2D eigenvalue weighted by atomic mass is 9.72. The Bertz CT molecular complexity index is 411. The fourth-order valence-electron chi connectivity index (χ4n) is 4.53. The van der Waals surface area contributed by atoms with E-state index in [0.29, 0.717) is 23.5 Å². The molecule has 4 unspecified atom stereocenters. The summed E-state index contributed by atoms with van der Waals surface area (Å²) in [7, 11) is -2.74. The topological polar surface area (TPSA) is 46.2 Å². The van der Waals surface area contributed by atoms with Gasteiger partial charge in [-0.1, -0.05) is 20.8 Å². The smallest absolute Gasteiger partial charge is 0.150 e. The molecular weight excluding hydrogens is 282 g/mol. The molecule has 0 aromatic heterocycles. The zero-order valence-corrected chi connectivity index (χ0v) is 14.8. The zero-order chi connectivity index (χ0) is 15.5. The van der Waals surface area contributed by atoms with Gasteiger partial charge in [-0.2, -0.15) is 0 Å². The van der Waals surface area contributed by atoms with Crippen LogP contribution in [-0.4, -0.2) is 32.5 Å². The van der Waals surface area contributed by atoms with E-state index in [1.165, 1.54) is 19.3 Å². The molecule has 3 nitrogen and oxygen atoms in total. The summed E-state index contributed by atoms with van der Waals surface area (Å²) in [5.41, 5.74) is 0. The minimum atomic E-state index is -2.74. The van der Waals surface area contributed by atoms with E-state index in [9.17, 15) is 8.42 Å². The summed E-state index contributed by atoms with van der Waals surface area (Å²) in [5.74, 6) is 3.59. The Hall–Kier alpha value is -0.0900. The summed E-state index contributed by atoms with van der Waals surface area (Å²) in [4.78, 5) is 0. The SMILES string of the molecule is CCCNC(CC1CCS(=O)(=O)C1)C1CC(C)CC(C)C1. The van der Waals surface area contributed by atoms with E-state index in [-0.39, 0.29) is 0 Å². The van der Waals surface area contributed by atoms with Crippen molar-refractivity contribution in [3.63, 3.8) is 0 Å². The van der Waals surface area contributed by atoms with Crippen LogP contribution in [0.1, 0.15) is 59.3 Å². The third-order valence-electron chi connectivity index (χ3n) is 5.35. The van der Waals surface area contributed by atoms with Crippen LogP contribution in [0.3, 0.4) is 0 Å². The van der Waals surface area contributed by atoms with Crippen LogP contribution in [0.2, 0.25) is 0 Å². The van der Waals surface area contributed by atoms with Crippen molar-refractivity contribution in [1.29, 1.82) is 0 Å². The summed E-state index contributed by atoms with van der Waals surface area (Å²) in [5, 5.41) is 3.74. The first kappa shape index (κ1) is 17.3. The molecule has 0 spiro atoms. The van der Waals surface area contributed by atoms with Crippen LogP contribution >= 0.6 is 0 Å². The molecule has 4 atom stereocenters. The quantitative estimate of drug-likeness (QED) is 0.818. The van der Waals surface area contributed by atoms with Gasteiger partial charge in [0.25, 0.3) is 0 Å². The van der Waals surface area contributed by atoms with Crippen LogP contribution in [0, 0.1) is 23.7 Å². The minimum Gasteiger partial charge on any atom is -0.314 e. The van der Waals surface area contributed by atoms with Gasteiger partial charge in [-0.3, -0.25) is 0 Å². The van der Waals surface area contributed by atoms with Gasteiger partial charge in [-0.15, -0.1) is 0 Å². The molecule has 0 amide bonds. The van der Waals surface area contributed by atoms with Crippen molar-refractivity contribution < 1.29 is 8.42 Å². The fourth-order valence-corrected chi connectivity index (χ4v) is 6.41. The standard InChI is InChI=1S/C17H33NO2S/c1-4-6-18-17(11-15-5-7-21(19,20)12-15)16-9-13(2)8-14(3)10-16/h13-18H,4-12H2,1-3H3. The van der Waals surface area contributed by atoms with Gasteiger partial charge >= 0.3 is 0 Å². The Morgan fingerprint density at radius 2 is 1.81 bits per heavy atom. The van der Waals surface area contributed by atoms with Crippen molar-refractivity contribution in [1.82, 2.24) is 5.32 Å². The molecule has 1 heterocycles. The van der Waals surface area contributed by atoms with E-state index in [1.807, 2.05) is 0 Å². The van der Waals surface area contributed by atoms with Crippen molar-refractivity contribution in [2.24, 2.45) is 23.7 Å². The first-order valence-electron chi connectivity index (χ1n) is 8.83. The largest absolute Gasteiger partial charge is 0.314 e. The van der Waals surface area contributed by atoms with Crippen molar-refractivity contribution in [2.45, 2.75) is 65.3 Å². The van der Waals surface area contributed by atoms with Gasteiger partial charge in [-0.25, -0.2) is 8.42 Å². The lowest BCUT2D eigenvalue weighted by molar-refractivity contribution is 0.162. The highest BCUT2D eigenvalue weighted by Gasteiger charge is 2.34. The molecule has 2 aliphatic rings. The van der Waals surface area contributed by atoms with E-state index < -0.39 is 9.84 Å². The molecule has 2 fully saturated rings. The monoisotopic (exact) mass is 315 g/mol. The summed E-state index contributed by atoms with van der Waals surface area (Å²) >= 11 is 0. The first-order chi connectivity index (χ1) is 9.89. The third-order valence-corrected chi connectivity index (χ3v) is 7.19. The number of nitrogens with one attached hydrogen (secondary N) is 1. The maximum Gasteiger partial charge on any atom is 0.150 e. The Balaban J connectivity index is 1.97. The van der Waals surface area contributed by atoms with E-state index in [0.717, 1.165) is 43.6 Å². The lowest BCUT2D eigenvalue weighted by Crippen LogP contribution is -2.41. The molecule has 4 heteroatoms. The molecule has 1 aliphatic carbocycles. The summed E-state index contributed by atoms with van der Waals surface area (Å²) in [6.07, 6.45) is 7.07. The van der Waals surface area contributed by atoms with Gasteiger partial charge in [-0.05, 0) is 68.7 Å². The Morgan fingerprint density at radius 3 is 2.33 bits per heavy atom. The molecule has 0 aromatic rings. The number of sulfone groups is 1. The second-order valence-corrected chi connectivity index (χ2v) is 9.97. The molecule has 2 rings (SSSR count). The summed E-state index contributed by atoms with van der Waals surface area (Å²) < 4.78 is 23.4. The lowest BCUT2D eigenvalue weighted by Gasteiger charge is -2.38. The number of rotatable bonds is 6. The maximum atomic E-state index is 11.7. The molecule has 0 radical (unpaired) electrons. The van der Waals surface area contributed by atoms with Crippen molar-refractivity contribution >= 4 is 9.84 Å². The average Bonchev–Trinajstić information content (AvgIpc) is 2.72. The van der Waals surface area contributed by atoms with Crippen molar-refractivity contribution in [3.8, 4) is 0 Å². The van der Waals surface area contributed by atoms with Gasteiger partial charge < -0.3 is 5.32 Å². The summed E-state index contributed by atoms with van der Waals surface area (Å²) in [6.45, 7) is 8.01. The van der Waals surface area contributed by atoms with Gasteiger partial charge in [0.15, 0.2) is 9.84 Å². The predicted octanol–water partition coefficient (Wildman–Crippen LogP) is 3.25. The number of hydrogen-bond acceptors (Lipinski definition) is 3. The molecule has 124 valence electrons. The molecule has 0 aromatic carbocycles. The Kier molecular flexibility index (Phi) is 6.13. The van der Waals surface area contributed by atoms with Gasteiger partial charge in [0.05, 0.1) is 11.5 Å². The minimum absolute atomic E-state index is 0.386. The van der Waals surface area contributed by atoms with Crippen LogP contribution in [0.25, 0.3) is 0 Å².